The second kappa shape index (κ2) is 6.59. The fourth-order valence-electron chi connectivity index (χ4n) is 2.98. The predicted molar refractivity (Wildman–Crippen MR) is 81.6 cm³/mol. The minimum absolute atomic E-state index is 0.430. The molecule has 1 saturated heterocycles. The quantitative estimate of drug-likeness (QED) is 0.882. The third-order valence-corrected chi connectivity index (χ3v) is 4.00. The molecule has 2 rings (SSSR count). The summed E-state index contributed by atoms with van der Waals surface area (Å²) < 4.78 is 0. The van der Waals surface area contributed by atoms with E-state index in [-0.39, 0.29) is 0 Å². The number of primary amides is 1. The number of pyridine rings is 1. The van der Waals surface area contributed by atoms with Gasteiger partial charge in [0, 0.05) is 13.1 Å². The summed E-state index contributed by atoms with van der Waals surface area (Å²) in [6.45, 7) is 4.09. The highest BCUT2D eigenvalue weighted by Crippen LogP contribution is 2.27. The van der Waals surface area contributed by atoms with Gasteiger partial charge in [-0.3, -0.25) is 4.79 Å². The van der Waals surface area contributed by atoms with Gasteiger partial charge in [0.15, 0.2) is 0 Å². The molecule has 1 amide bonds. The van der Waals surface area contributed by atoms with Crippen LogP contribution in [-0.2, 0) is 0 Å². The highest BCUT2D eigenvalue weighted by atomic mass is 16.1. The van der Waals surface area contributed by atoms with E-state index in [1.165, 1.54) is 19.3 Å². The third-order valence-electron chi connectivity index (χ3n) is 4.00. The standard InChI is InChI=1S/C15H24N4O/c1-2-4-11-5-3-7-19(8-6-11)15-13(14(17)20)9-12(16)10-18-15/h9-11H,2-8,16H2,1H3,(H2,17,20). The van der Waals surface area contributed by atoms with E-state index < -0.39 is 5.91 Å². The number of rotatable bonds is 4. The zero-order valence-corrected chi connectivity index (χ0v) is 12.1. The first-order valence-electron chi connectivity index (χ1n) is 7.42. The maximum Gasteiger partial charge on any atom is 0.252 e. The highest BCUT2D eigenvalue weighted by molar-refractivity contribution is 5.98. The minimum atomic E-state index is -0.464. The molecule has 5 nitrogen and oxygen atoms in total. The van der Waals surface area contributed by atoms with E-state index in [9.17, 15) is 4.79 Å². The second-order valence-electron chi connectivity index (χ2n) is 5.58. The van der Waals surface area contributed by atoms with Gasteiger partial charge in [-0.05, 0) is 31.2 Å². The van der Waals surface area contributed by atoms with Crippen molar-refractivity contribution in [3.8, 4) is 0 Å². The van der Waals surface area contributed by atoms with Crippen molar-refractivity contribution in [2.75, 3.05) is 23.7 Å². The van der Waals surface area contributed by atoms with Gasteiger partial charge in [0.1, 0.15) is 5.82 Å². The molecule has 1 aromatic rings. The predicted octanol–water partition coefficient (Wildman–Crippen LogP) is 2.17. The smallest absolute Gasteiger partial charge is 0.252 e. The van der Waals surface area contributed by atoms with Crippen molar-refractivity contribution >= 4 is 17.4 Å². The molecule has 20 heavy (non-hydrogen) atoms. The molecule has 0 bridgehead atoms. The number of amides is 1. The van der Waals surface area contributed by atoms with Gasteiger partial charge in [0.25, 0.3) is 5.91 Å². The Hall–Kier alpha value is -1.78. The van der Waals surface area contributed by atoms with Gasteiger partial charge in [-0.15, -0.1) is 0 Å². The van der Waals surface area contributed by atoms with E-state index in [2.05, 4.69) is 16.8 Å². The molecule has 1 atom stereocenters. The fraction of sp³-hybridized carbons (Fsp3) is 0.600. The van der Waals surface area contributed by atoms with Crippen molar-refractivity contribution in [1.29, 1.82) is 0 Å². The molecule has 1 fully saturated rings. The molecule has 0 radical (unpaired) electrons. The van der Waals surface area contributed by atoms with Gasteiger partial charge in [-0.1, -0.05) is 19.8 Å². The van der Waals surface area contributed by atoms with Crippen LogP contribution in [0.5, 0.6) is 0 Å². The minimum Gasteiger partial charge on any atom is -0.397 e. The van der Waals surface area contributed by atoms with Gasteiger partial charge in [0.2, 0.25) is 0 Å². The molecule has 1 aliphatic rings. The fourth-order valence-corrected chi connectivity index (χ4v) is 2.98. The summed E-state index contributed by atoms with van der Waals surface area (Å²) in [5, 5.41) is 0. The van der Waals surface area contributed by atoms with E-state index in [4.69, 9.17) is 11.5 Å². The lowest BCUT2D eigenvalue weighted by Gasteiger charge is -2.23. The first-order valence-corrected chi connectivity index (χ1v) is 7.42. The molecule has 110 valence electrons. The van der Waals surface area contributed by atoms with Gasteiger partial charge in [-0.2, -0.15) is 0 Å². The van der Waals surface area contributed by atoms with Crippen LogP contribution < -0.4 is 16.4 Å². The van der Waals surface area contributed by atoms with Crippen molar-refractivity contribution in [2.45, 2.75) is 39.0 Å². The van der Waals surface area contributed by atoms with Crippen LogP contribution in [-0.4, -0.2) is 24.0 Å². The van der Waals surface area contributed by atoms with Crippen molar-refractivity contribution in [3.05, 3.63) is 17.8 Å². The molecule has 4 N–H and O–H groups in total. The molecule has 0 saturated carbocycles. The molecular weight excluding hydrogens is 252 g/mol. The molecule has 2 heterocycles. The zero-order chi connectivity index (χ0) is 14.5. The van der Waals surface area contributed by atoms with Crippen LogP contribution in [0.2, 0.25) is 0 Å². The normalized spacial score (nSPS) is 19.6. The molecular formula is C15H24N4O. The number of anilines is 2. The lowest BCUT2D eigenvalue weighted by atomic mass is 9.96. The van der Waals surface area contributed by atoms with Crippen LogP contribution >= 0.6 is 0 Å². The molecule has 0 aromatic carbocycles. The van der Waals surface area contributed by atoms with Crippen LogP contribution in [0, 0.1) is 5.92 Å². The molecule has 1 unspecified atom stereocenters. The highest BCUT2D eigenvalue weighted by Gasteiger charge is 2.21. The van der Waals surface area contributed by atoms with Gasteiger partial charge in [-0.25, -0.2) is 4.98 Å². The Morgan fingerprint density at radius 3 is 2.95 bits per heavy atom. The van der Waals surface area contributed by atoms with E-state index in [1.54, 1.807) is 12.3 Å². The first-order chi connectivity index (χ1) is 9.61. The second-order valence-corrected chi connectivity index (χ2v) is 5.58. The number of hydrogen-bond donors (Lipinski definition) is 2. The first kappa shape index (κ1) is 14.6. The number of carbonyl (C=O) groups excluding carboxylic acids is 1. The lowest BCUT2D eigenvalue weighted by Crippen LogP contribution is -2.28. The van der Waals surface area contributed by atoms with E-state index in [1.807, 2.05) is 0 Å². The molecule has 1 aliphatic heterocycles. The summed E-state index contributed by atoms with van der Waals surface area (Å²) in [7, 11) is 0. The van der Waals surface area contributed by atoms with Gasteiger partial charge in [0.05, 0.1) is 17.4 Å². The Morgan fingerprint density at radius 2 is 2.25 bits per heavy atom. The van der Waals surface area contributed by atoms with Crippen LogP contribution in [0.1, 0.15) is 49.4 Å². The number of aromatic nitrogens is 1. The topological polar surface area (TPSA) is 85.2 Å². The van der Waals surface area contributed by atoms with E-state index in [0.29, 0.717) is 17.1 Å². The third kappa shape index (κ3) is 3.40. The summed E-state index contributed by atoms with van der Waals surface area (Å²) in [6, 6.07) is 1.62. The summed E-state index contributed by atoms with van der Waals surface area (Å²) in [5.74, 6) is 1.01. The Morgan fingerprint density at radius 1 is 1.45 bits per heavy atom. The van der Waals surface area contributed by atoms with Crippen LogP contribution in [0.3, 0.4) is 0 Å². The van der Waals surface area contributed by atoms with Gasteiger partial charge >= 0.3 is 0 Å². The van der Waals surface area contributed by atoms with Crippen molar-refractivity contribution in [2.24, 2.45) is 11.7 Å². The number of carbonyl (C=O) groups is 1. The van der Waals surface area contributed by atoms with E-state index in [0.717, 1.165) is 31.8 Å². The zero-order valence-electron chi connectivity index (χ0n) is 12.1. The largest absolute Gasteiger partial charge is 0.397 e. The Balaban J connectivity index is 2.17. The van der Waals surface area contributed by atoms with Crippen LogP contribution in [0.4, 0.5) is 11.5 Å². The van der Waals surface area contributed by atoms with Gasteiger partial charge < -0.3 is 16.4 Å². The van der Waals surface area contributed by atoms with Crippen molar-refractivity contribution in [3.63, 3.8) is 0 Å². The van der Waals surface area contributed by atoms with Crippen LogP contribution in [0.25, 0.3) is 0 Å². The maximum atomic E-state index is 11.6. The molecule has 0 aliphatic carbocycles. The molecule has 1 aromatic heterocycles. The summed E-state index contributed by atoms with van der Waals surface area (Å²) >= 11 is 0. The monoisotopic (exact) mass is 276 g/mol. The number of nitrogen functional groups attached to an aromatic ring is 1. The average Bonchev–Trinajstić information content (AvgIpc) is 2.65. The Bertz CT molecular complexity index is 475. The number of nitrogens with zero attached hydrogens (tertiary/aromatic N) is 2. The molecule has 0 spiro atoms. The molecule has 5 heteroatoms. The van der Waals surface area contributed by atoms with Crippen LogP contribution in [0.15, 0.2) is 12.3 Å². The summed E-state index contributed by atoms with van der Waals surface area (Å²) in [5.41, 5.74) is 12.0. The number of nitrogens with two attached hydrogens (primary N) is 2. The maximum absolute atomic E-state index is 11.6. The summed E-state index contributed by atoms with van der Waals surface area (Å²) in [6.07, 6.45) is 7.65. The number of hydrogen-bond acceptors (Lipinski definition) is 4. The van der Waals surface area contributed by atoms with E-state index >= 15 is 0 Å². The Kier molecular flexibility index (Phi) is 4.82. The lowest BCUT2D eigenvalue weighted by molar-refractivity contribution is 0.100. The SMILES string of the molecule is CCCC1CCCN(c2ncc(N)cc2C(N)=O)CC1. The summed E-state index contributed by atoms with van der Waals surface area (Å²) in [4.78, 5) is 18.1. The Labute approximate surface area is 120 Å². The van der Waals surface area contributed by atoms with Crippen molar-refractivity contribution in [1.82, 2.24) is 4.98 Å². The average molecular weight is 276 g/mol. The van der Waals surface area contributed by atoms with Crippen molar-refractivity contribution < 1.29 is 4.79 Å².